The first kappa shape index (κ1) is 21.7. The standard InChI is InChI=1S/C22H35NO4/c1-5-9-22(16-24)10-11-23(15-21(22)25)14-18-6-7-19(20(13-18)26-4)27-12-8-17(2)3/h6-8,13,21,24-25H,5,9-12,14-16H2,1-4H3/t21-,22-/m1/s1. The third-order valence-corrected chi connectivity index (χ3v) is 5.49. The van der Waals surface area contributed by atoms with E-state index in [1.54, 1.807) is 7.11 Å². The Balaban J connectivity index is 2.00. The number of nitrogens with zero attached hydrogens (tertiary/aromatic N) is 1. The number of aliphatic hydroxyl groups is 2. The van der Waals surface area contributed by atoms with Crippen LogP contribution in [0.5, 0.6) is 11.5 Å². The third-order valence-electron chi connectivity index (χ3n) is 5.49. The van der Waals surface area contributed by atoms with Crippen molar-refractivity contribution in [2.45, 2.75) is 52.7 Å². The van der Waals surface area contributed by atoms with Crippen LogP contribution in [0.1, 0.15) is 45.6 Å². The van der Waals surface area contributed by atoms with Gasteiger partial charge in [0.15, 0.2) is 11.5 Å². The number of allylic oxidation sites excluding steroid dienone is 1. The molecule has 0 radical (unpaired) electrons. The second-order valence-corrected chi connectivity index (χ2v) is 7.85. The second-order valence-electron chi connectivity index (χ2n) is 7.85. The van der Waals surface area contributed by atoms with Crippen LogP contribution >= 0.6 is 0 Å². The number of ether oxygens (including phenoxy) is 2. The third kappa shape index (κ3) is 5.71. The van der Waals surface area contributed by atoms with E-state index in [2.05, 4.69) is 11.8 Å². The first-order valence-corrected chi connectivity index (χ1v) is 9.88. The fraction of sp³-hybridized carbons (Fsp3) is 0.636. The summed E-state index contributed by atoms with van der Waals surface area (Å²) >= 11 is 0. The van der Waals surface area contributed by atoms with Gasteiger partial charge in [-0.25, -0.2) is 0 Å². The summed E-state index contributed by atoms with van der Waals surface area (Å²) < 4.78 is 11.3. The minimum atomic E-state index is -0.496. The molecular formula is C22H35NO4. The number of β-amino-alcohol motifs (C(OH)–C–C–N with tert-alkyl or cyclic N) is 1. The maximum absolute atomic E-state index is 10.6. The predicted octanol–water partition coefficient (Wildman–Crippen LogP) is 3.39. The van der Waals surface area contributed by atoms with E-state index in [-0.39, 0.29) is 12.0 Å². The summed E-state index contributed by atoms with van der Waals surface area (Å²) in [6.45, 7) is 8.98. The molecule has 1 aliphatic heterocycles. The summed E-state index contributed by atoms with van der Waals surface area (Å²) in [7, 11) is 1.65. The lowest BCUT2D eigenvalue weighted by molar-refractivity contribution is -0.0802. The Kier molecular flexibility index (Phi) is 8.14. The molecule has 27 heavy (non-hydrogen) atoms. The summed E-state index contributed by atoms with van der Waals surface area (Å²) in [4.78, 5) is 2.24. The Labute approximate surface area is 163 Å². The number of hydrogen-bond acceptors (Lipinski definition) is 5. The van der Waals surface area contributed by atoms with E-state index >= 15 is 0 Å². The van der Waals surface area contributed by atoms with E-state index < -0.39 is 6.10 Å². The first-order chi connectivity index (χ1) is 12.9. The van der Waals surface area contributed by atoms with Crippen molar-refractivity contribution in [2.75, 3.05) is 33.4 Å². The lowest BCUT2D eigenvalue weighted by Gasteiger charge is -2.44. The molecule has 0 spiro atoms. The highest BCUT2D eigenvalue weighted by Gasteiger charge is 2.40. The van der Waals surface area contributed by atoms with E-state index in [1.165, 1.54) is 5.57 Å². The van der Waals surface area contributed by atoms with Gasteiger partial charge in [0.1, 0.15) is 6.61 Å². The molecule has 2 rings (SSSR count). The Morgan fingerprint density at radius 1 is 1.33 bits per heavy atom. The zero-order valence-corrected chi connectivity index (χ0v) is 17.2. The molecule has 0 amide bonds. The highest BCUT2D eigenvalue weighted by Crippen LogP contribution is 2.37. The van der Waals surface area contributed by atoms with Crippen molar-refractivity contribution in [3.8, 4) is 11.5 Å². The normalized spacial score (nSPS) is 23.1. The van der Waals surface area contributed by atoms with Gasteiger partial charge in [-0.1, -0.05) is 25.0 Å². The molecule has 1 aliphatic rings. The molecule has 1 saturated heterocycles. The Morgan fingerprint density at radius 3 is 2.70 bits per heavy atom. The zero-order chi connectivity index (χ0) is 19.9. The summed E-state index contributed by atoms with van der Waals surface area (Å²) in [5, 5.41) is 20.4. The number of piperidine rings is 1. The van der Waals surface area contributed by atoms with Gasteiger partial charge in [0.25, 0.3) is 0 Å². The minimum absolute atomic E-state index is 0.0569. The number of hydrogen-bond donors (Lipinski definition) is 2. The molecule has 5 nitrogen and oxygen atoms in total. The minimum Gasteiger partial charge on any atom is -0.493 e. The van der Waals surface area contributed by atoms with E-state index in [4.69, 9.17) is 9.47 Å². The number of rotatable bonds is 9. The van der Waals surface area contributed by atoms with E-state index in [0.29, 0.717) is 13.2 Å². The second kappa shape index (κ2) is 10.1. The molecule has 1 aromatic carbocycles. The van der Waals surface area contributed by atoms with E-state index in [9.17, 15) is 10.2 Å². The van der Waals surface area contributed by atoms with Crippen LogP contribution in [0.4, 0.5) is 0 Å². The molecule has 0 aromatic heterocycles. The number of aliphatic hydroxyl groups excluding tert-OH is 2. The average molecular weight is 378 g/mol. The molecule has 0 unspecified atom stereocenters. The fourth-order valence-electron chi connectivity index (χ4n) is 3.76. The van der Waals surface area contributed by atoms with Gasteiger partial charge in [0.05, 0.1) is 19.8 Å². The van der Waals surface area contributed by atoms with E-state index in [1.807, 2.05) is 38.1 Å². The lowest BCUT2D eigenvalue weighted by Crippen LogP contribution is -2.52. The molecule has 5 heteroatoms. The quantitative estimate of drug-likeness (QED) is 0.646. The van der Waals surface area contributed by atoms with Crippen molar-refractivity contribution in [3.63, 3.8) is 0 Å². The van der Waals surface area contributed by atoms with Crippen LogP contribution in [0.15, 0.2) is 29.8 Å². The zero-order valence-electron chi connectivity index (χ0n) is 17.2. The van der Waals surface area contributed by atoms with Crippen molar-refractivity contribution in [1.29, 1.82) is 0 Å². The first-order valence-electron chi connectivity index (χ1n) is 9.88. The molecule has 0 aliphatic carbocycles. The molecule has 0 saturated carbocycles. The number of likely N-dealkylation sites (tertiary alicyclic amines) is 1. The topological polar surface area (TPSA) is 62.2 Å². The smallest absolute Gasteiger partial charge is 0.161 e. The largest absolute Gasteiger partial charge is 0.493 e. The van der Waals surface area contributed by atoms with Gasteiger partial charge in [-0.3, -0.25) is 4.90 Å². The van der Waals surface area contributed by atoms with Gasteiger partial charge < -0.3 is 19.7 Å². The molecule has 1 heterocycles. The van der Waals surface area contributed by atoms with Crippen LogP contribution in [0, 0.1) is 5.41 Å². The van der Waals surface area contributed by atoms with Crippen LogP contribution in [-0.4, -0.2) is 54.6 Å². The number of benzene rings is 1. The van der Waals surface area contributed by atoms with Crippen molar-refractivity contribution in [1.82, 2.24) is 4.90 Å². The van der Waals surface area contributed by atoms with Crippen molar-refractivity contribution in [3.05, 3.63) is 35.4 Å². The molecule has 2 atom stereocenters. The average Bonchev–Trinajstić information content (AvgIpc) is 2.65. The van der Waals surface area contributed by atoms with Crippen LogP contribution in [0.25, 0.3) is 0 Å². The summed E-state index contributed by atoms with van der Waals surface area (Å²) in [6.07, 6.45) is 4.20. The highest BCUT2D eigenvalue weighted by molar-refractivity contribution is 5.43. The van der Waals surface area contributed by atoms with Gasteiger partial charge in [-0.05, 0) is 57.0 Å². The van der Waals surface area contributed by atoms with Gasteiger partial charge >= 0.3 is 0 Å². The van der Waals surface area contributed by atoms with Crippen LogP contribution in [-0.2, 0) is 6.54 Å². The van der Waals surface area contributed by atoms with Crippen molar-refractivity contribution in [2.24, 2.45) is 5.41 Å². The monoisotopic (exact) mass is 377 g/mol. The molecule has 2 N–H and O–H groups in total. The Hall–Kier alpha value is -1.56. The van der Waals surface area contributed by atoms with Gasteiger partial charge in [-0.15, -0.1) is 0 Å². The molecule has 1 fully saturated rings. The lowest BCUT2D eigenvalue weighted by atomic mass is 9.73. The van der Waals surface area contributed by atoms with Crippen LogP contribution in [0.2, 0.25) is 0 Å². The molecule has 152 valence electrons. The summed E-state index contributed by atoms with van der Waals surface area (Å²) in [5.41, 5.74) is 2.00. The van der Waals surface area contributed by atoms with Gasteiger partial charge in [0.2, 0.25) is 0 Å². The number of methoxy groups -OCH3 is 1. The summed E-state index contributed by atoms with van der Waals surface area (Å²) in [6, 6.07) is 6.00. The van der Waals surface area contributed by atoms with Crippen LogP contribution < -0.4 is 9.47 Å². The Bertz CT molecular complexity index is 627. The fourth-order valence-corrected chi connectivity index (χ4v) is 3.76. The molecule has 1 aromatic rings. The van der Waals surface area contributed by atoms with Crippen LogP contribution in [0.3, 0.4) is 0 Å². The van der Waals surface area contributed by atoms with Crippen molar-refractivity contribution >= 4 is 0 Å². The summed E-state index contributed by atoms with van der Waals surface area (Å²) in [5.74, 6) is 1.46. The van der Waals surface area contributed by atoms with Crippen molar-refractivity contribution < 1.29 is 19.7 Å². The molecule has 0 bridgehead atoms. The van der Waals surface area contributed by atoms with E-state index in [0.717, 1.165) is 49.4 Å². The maximum atomic E-state index is 10.6. The highest BCUT2D eigenvalue weighted by atomic mass is 16.5. The van der Waals surface area contributed by atoms with Gasteiger partial charge in [-0.2, -0.15) is 0 Å². The predicted molar refractivity (Wildman–Crippen MR) is 108 cm³/mol. The SMILES string of the molecule is CCC[C@]1(CO)CCN(Cc2ccc(OCC=C(C)C)c(OC)c2)C[C@H]1O. The Morgan fingerprint density at radius 2 is 2.11 bits per heavy atom. The molecular weight excluding hydrogens is 342 g/mol. The van der Waals surface area contributed by atoms with Gasteiger partial charge in [0, 0.05) is 18.5 Å². The maximum Gasteiger partial charge on any atom is 0.161 e.